The predicted octanol–water partition coefficient (Wildman–Crippen LogP) is 3.31. The van der Waals surface area contributed by atoms with E-state index >= 15 is 0 Å². The molecule has 0 N–H and O–H groups in total. The number of para-hydroxylation sites is 1. The number of carbonyl (C=O) groups is 1. The molecular weight excluding hydrogens is 330 g/mol. The third-order valence-corrected chi connectivity index (χ3v) is 4.45. The minimum atomic E-state index is -0.00882. The fourth-order valence-corrected chi connectivity index (χ4v) is 3.14. The largest absolute Gasteiger partial charge is 0.494 e. The number of hydrogen-bond donors (Lipinski definition) is 0. The van der Waals surface area contributed by atoms with E-state index in [0.717, 1.165) is 17.7 Å². The molecule has 1 aliphatic rings. The molecule has 138 valence electrons. The van der Waals surface area contributed by atoms with Crippen molar-refractivity contribution in [1.29, 1.82) is 0 Å². The van der Waals surface area contributed by atoms with Crippen LogP contribution in [0.3, 0.4) is 0 Å². The van der Waals surface area contributed by atoms with E-state index in [2.05, 4.69) is 6.07 Å². The molecule has 0 unspecified atom stereocenters. The molecule has 0 bridgehead atoms. The molecule has 5 nitrogen and oxygen atoms in total. The van der Waals surface area contributed by atoms with Gasteiger partial charge in [-0.2, -0.15) is 0 Å². The number of rotatable bonds is 7. The SMILES string of the molecule is CCOc1ccc2c(c1)CN(C(=O)c1ccccc1OCCOC)CC2. The van der Waals surface area contributed by atoms with E-state index in [1.54, 1.807) is 7.11 Å². The van der Waals surface area contributed by atoms with Gasteiger partial charge in [0.05, 0.1) is 18.8 Å². The van der Waals surface area contributed by atoms with Gasteiger partial charge in [0.2, 0.25) is 0 Å². The van der Waals surface area contributed by atoms with Crippen LogP contribution in [0.5, 0.6) is 11.5 Å². The van der Waals surface area contributed by atoms with Crippen molar-refractivity contribution in [2.75, 3.05) is 33.5 Å². The molecule has 3 rings (SSSR count). The van der Waals surface area contributed by atoms with E-state index < -0.39 is 0 Å². The molecule has 0 aliphatic carbocycles. The third kappa shape index (κ3) is 4.17. The lowest BCUT2D eigenvalue weighted by Gasteiger charge is -2.29. The number of carbonyl (C=O) groups excluding carboxylic acids is 1. The summed E-state index contributed by atoms with van der Waals surface area (Å²) in [7, 11) is 1.63. The van der Waals surface area contributed by atoms with Crippen molar-refractivity contribution in [3.8, 4) is 11.5 Å². The summed E-state index contributed by atoms with van der Waals surface area (Å²) >= 11 is 0. The van der Waals surface area contributed by atoms with Crippen molar-refractivity contribution in [3.63, 3.8) is 0 Å². The molecule has 0 saturated heterocycles. The van der Waals surface area contributed by atoms with Crippen molar-refractivity contribution in [2.24, 2.45) is 0 Å². The quantitative estimate of drug-likeness (QED) is 0.715. The van der Waals surface area contributed by atoms with Gasteiger partial charge < -0.3 is 19.1 Å². The first-order valence-corrected chi connectivity index (χ1v) is 8.97. The Kier molecular flexibility index (Phi) is 6.12. The number of benzene rings is 2. The van der Waals surface area contributed by atoms with E-state index in [9.17, 15) is 4.79 Å². The molecule has 0 aromatic heterocycles. The molecule has 0 saturated carbocycles. The van der Waals surface area contributed by atoms with E-state index in [-0.39, 0.29) is 5.91 Å². The Bertz CT molecular complexity index is 759. The van der Waals surface area contributed by atoms with E-state index in [1.807, 2.05) is 48.2 Å². The standard InChI is InChI=1S/C21H25NO4/c1-3-25-18-9-8-16-10-11-22(15-17(16)14-18)21(23)19-6-4-5-7-20(19)26-13-12-24-2/h4-9,14H,3,10-13,15H2,1-2H3. The first-order valence-electron chi connectivity index (χ1n) is 8.97. The van der Waals surface area contributed by atoms with Crippen LogP contribution in [0, 0.1) is 0 Å². The average Bonchev–Trinajstić information content (AvgIpc) is 2.68. The highest BCUT2D eigenvalue weighted by Gasteiger charge is 2.24. The van der Waals surface area contributed by atoms with Gasteiger partial charge in [-0.15, -0.1) is 0 Å². The zero-order valence-corrected chi connectivity index (χ0v) is 15.4. The van der Waals surface area contributed by atoms with Crippen molar-refractivity contribution >= 4 is 5.91 Å². The Balaban J connectivity index is 1.76. The highest BCUT2D eigenvalue weighted by molar-refractivity contribution is 5.97. The summed E-state index contributed by atoms with van der Waals surface area (Å²) in [6.07, 6.45) is 0.847. The Morgan fingerprint density at radius 1 is 1.08 bits per heavy atom. The monoisotopic (exact) mass is 355 g/mol. The second-order valence-corrected chi connectivity index (χ2v) is 6.18. The molecule has 0 atom stereocenters. The Hall–Kier alpha value is -2.53. The van der Waals surface area contributed by atoms with E-state index in [1.165, 1.54) is 5.56 Å². The maximum absolute atomic E-state index is 13.1. The fraction of sp³-hybridized carbons (Fsp3) is 0.381. The molecule has 1 aliphatic heterocycles. The molecule has 1 amide bonds. The lowest BCUT2D eigenvalue weighted by Crippen LogP contribution is -2.36. The fourth-order valence-electron chi connectivity index (χ4n) is 3.14. The minimum absolute atomic E-state index is 0.00882. The maximum atomic E-state index is 13.1. The number of amides is 1. The summed E-state index contributed by atoms with van der Waals surface area (Å²) in [5.74, 6) is 1.44. The number of hydrogen-bond acceptors (Lipinski definition) is 4. The molecule has 2 aromatic rings. The summed E-state index contributed by atoms with van der Waals surface area (Å²) in [5, 5.41) is 0. The highest BCUT2D eigenvalue weighted by atomic mass is 16.5. The van der Waals surface area contributed by atoms with Crippen molar-refractivity contribution < 1.29 is 19.0 Å². The zero-order chi connectivity index (χ0) is 18.4. The second-order valence-electron chi connectivity index (χ2n) is 6.18. The number of nitrogens with zero attached hydrogens (tertiary/aromatic N) is 1. The minimum Gasteiger partial charge on any atom is -0.494 e. The molecule has 1 heterocycles. The highest BCUT2D eigenvalue weighted by Crippen LogP contribution is 2.27. The molecule has 2 aromatic carbocycles. The average molecular weight is 355 g/mol. The van der Waals surface area contributed by atoms with Gasteiger partial charge in [0, 0.05) is 20.2 Å². The van der Waals surface area contributed by atoms with Crippen LogP contribution >= 0.6 is 0 Å². The second kappa shape index (κ2) is 8.72. The van der Waals surface area contributed by atoms with Crippen LogP contribution in [0.1, 0.15) is 28.4 Å². The van der Waals surface area contributed by atoms with Crippen LogP contribution in [-0.4, -0.2) is 44.3 Å². The summed E-state index contributed by atoms with van der Waals surface area (Å²) in [5.41, 5.74) is 3.02. The van der Waals surface area contributed by atoms with Gasteiger partial charge in [-0.25, -0.2) is 0 Å². The molecule has 0 radical (unpaired) electrons. The Morgan fingerprint density at radius 3 is 2.73 bits per heavy atom. The van der Waals surface area contributed by atoms with Crippen LogP contribution in [-0.2, 0) is 17.7 Å². The van der Waals surface area contributed by atoms with Crippen LogP contribution in [0.4, 0.5) is 0 Å². The number of methoxy groups -OCH3 is 1. The zero-order valence-electron chi connectivity index (χ0n) is 15.4. The first-order chi connectivity index (χ1) is 12.7. The topological polar surface area (TPSA) is 48.0 Å². The predicted molar refractivity (Wildman–Crippen MR) is 99.9 cm³/mol. The van der Waals surface area contributed by atoms with Crippen molar-refractivity contribution in [3.05, 3.63) is 59.2 Å². The molecular formula is C21H25NO4. The van der Waals surface area contributed by atoms with Gasteiger partial charge >= 0.3 is 0 Å². The van der Waals surface area contributed by atoms with Gasteiger partial charge in [0.1, 0.15) is 18.1 Å². The van der Waals surface area contributed by atoms with Gasteiger partial charge in [0.15, 0.2) is 0 Å². The van der Waals surface area contributed by atoms with E-state index in [4.69, 9.17) is 14.2 Å². The van der Waals surface area contributed by atoms with Gasteiger partial charge in [-0.3, -0.25) is 4.79 Å². The van der Waals surface area contributed by atoms with Crippen LogP contribution in [0.25, 0.3) is 0 Å². The van der Waals surface area contributed by atoms with E-state index in [0.29, 0.717) is 44.2 Å². The number of ether oxygens (including phenoxy) is 3. The first kappa shape index (κ1) is 18.3. The van der Waals surface area contributed by atoms with Crippen molar-refractivity contribution in [2.45, 2.75) is 19.9 Å². The molecule has 26 heavy (non-hydrogen) atoms. The van der Waals surface area contributed by atoms with Crippen LogP contribution in [0.15, 0.2) is 42.5 Å². The smallest absolute Gasteiger partial charge is 0.257 e. The van der Waals surface area contributed by atoms with Crippen LogP contribution < -0.4 is 9.47 Å². The Labute approximate surface area is 154 Å². The summed E-state index contributed by atoms with van der Waals surface area (Å²) < 4.78 is 16.3. The summed E-state index contributed by atoms with van der Waals surface area (Å²) in [6.45, 7) is 4.79. The Morgan fingerprint density at radius 2 is 1.92 bits per heavy atom. The van der Waals surface area contributed by atoms with Gasteiger partial charge in [-0.05, 0) is 48.7 Å². The van der Waals surface area contributed by atoms with Gasteiger partial charge in [0.25, 0.3) is 5.91 Å². The summed E-state index contributed by atoms with van der Waals surface area (Å²) in [4.78, 5) is 14.9. The lowest BCUT2D eigenvalue weighted by atomic mass is 9.98. The molecule has 0 spiro atoms. The lowest BCUT2D eigenvalue weighted by molar-refractivity contribution is 0.0727. The number of fused-ring (bicyclic) bond motifs is 1. The summed E-state index contributed by atoms with van der Waals surface area (Å²) in [6, 6.07) is 13.5. The molecule has 5 heteroatoms. The van der Waals surface area contributed by atoms with Gasteiger partial charge in [-0.1, -0.05) is 18.2 Å². The van der Waals surface area contributed by atoms with Crippen molar-refractivity contribution in [1.82, 2.24) is 4.90 Å². The maximum Gasteiger partial charge on any atom is 0.257 e. The molecule has 0 fully saturated rings. The van der Waals surface area contributed by atoms with Crippen LogP contribution in [0.2, 0.25) is 0 Å². The third-order valence-electron chi connectivity index (χ3n) is 4.45. The normalized spacial score (nSPS) is 13.2.